The molecule has 0 spiro atoms. The minimum atomic E-state index is -0.399. The quantitative estimate of drug-likeness (QED) is 0.762. The van der Waals surface area contributed by atoms with Crippen molar-refractivity contribution in [2.45, 2.75) is 32.7 Å². The van der Waals surface area contributed by atoms with E-state index in [9.17, 15) is 9.59 Å². The number of carbonyl (C=O) groups excluding carboxylic acids is 2. The predicted molar refractivity (Wildman–Crippen MR) is 116 cm³/mol. The molecule has 0 aliphatic carbocycles. The fourth-order valence-corrected chi connectivity index (χ4v) is 3.49. The van der Waals surface area contributed by atoms with E-state index in [0.717, 1.165) is 17.5 Å². The molecular weight excluding hydrogens is 382 g/mol. The number of rotatable bonds is 6. The van der Waals surface area contributed by atoms with Gasteiger partial charge in [-0.2, -0.15) is 0 Å². The first-order valence-electron chi connectivity index (χ1n) is 10.1. The number of hydrogen-bond donors (Lipinski definition) is 2. The molecule has 0 aromatic heterocycles. The fraction of sp³-hybridized carbons (Fsp3) is 0.391. The summed E-state index contributed by atoms with van der Waals surface area (Å²) in [5.41, 5.74) is 4.07. The summed E-state index contributed by atoms with van der Waals surface area (Å²) in [6.45, 7) is 5.26. The lowest BCUT2D eigenvalue weighted by Gasteiger charge is -2.29. The molecule has 1 aliphatic rings. The van der Waals surface area contributed by atoms with Gasteiger partial charge in [0.25, 0.3) is 0 Å². The number of nitrogens with one attached hydrogen (secondary N) is 2. The molecule has 0 atom stereocenters. The minimum absolute atomic E-state index is 0.0570. The Morgan fingerprint density at radius 2 is 1.67 bits per heavy atom. The van der Waals surface area contributed by atoms with Gasteiger partial charge in [0.1, 0.15) is 0 Å². The van der Waals surface area contributed by atoms with E-state index in [1.165, 1.54) is 5.56 Å². The van der Waals surface area contributed by atoms with E-state index in [1.54, 1.807) is 19.1 Å². The number of amides is 3. The lowest BCUT2D eigenvalue weighted by molar-refractivity contribution is -0.130. The Bertz CT molecular complexity index is 909. The maximum absolute atomic E-state index is 12.6. The van der Waals surface area contributed by atoms with E-state index in [2.05, 4.69) is 24.5 Å². The number of hydrogen-bond acceptors (Lipinski definition) is 4. The van der Waals surface area contributed by atoms with Gasteiger partial charge in [-0.25, -0.2) is 4.79 Å². The number of ether oxygens (including phenoxy) is 2. The fourth-order valence-electron chi connectivity index (χ4n) is 3.49. The summed E-state index contributed by atoms with van der Waals surface area (Å²) in [5, 5.41) is 5.40. The Balaban J connectivity index is 1.53. The van der Waals surface area contributed by atoms with Crippen molar-refractivity contribution in [1.29, 1.82) is 0 Å². The van der Waals surface area contributed by atoms with Crippen molar-refractivity contribution < 1.29 is 19.1 Å². The van der Waals surface area contributed by atoms with Crippen LogP contribution in [0.2, 0.25) is 0 Å². The van der Waals surface area contributed by atoms with Gasteiger partial charge in [0.15, 0.2) is 11.5 Å². The molecule has 0 fully saturated rings. The first-order chi connectivity index (χ1) is 14.4. The van der Waals surface area contributed by atoms with Crippen LogP contribution in [-0.4, -0.2) is 44.1 Å². The average Bonchev–Trinajstić information content (AvgIpc) is 2.76. The van der Waals surface area contributed by atoms with Gasteiger partial charge in [-0.1, -0.05) is 26.0 Å². The van der Waals surface area contributed by atoms with Gasteiger partial charge in [0.2, 0.25) is 5.91 Å². The van der Waals surface area contributed by atoms with Crippen LogP contribution in [0, 0.1) is 0 Å². The van der Waals surface area contributed by atoms with Crippen molar-refractivity contribution in [1.82, 2.24) is 10.2 Å². The highest BCUT2D eigenvalue weighted by Crippen LogP contribution is 2.33. The summed E-state index contributed by atoms with van der Waals surface area (Å²) in [5.74, 6) is 1.64. The van der Waals surface area contributed by atoms with E-state index in [4.69, 9.17) is 9.47 Å². The summed E-state index contributed by atoms with van der Waals surface area (Å²) in [4.78, 5) is 26.5. The van der Waals surface area contributed by atoms with Crippen LogP contribution in [0.15, 0.2) is 36.4 Å². The van der Waals surface area contributed by atoms with Gasteiger partial charge in [-0.3, -0.25) is 4.79 Å². The monoisotopic (exact) mass is 411 g/mol. The highest BCUT2D eigenvalue weighted by atomic mass is 16.5. The summed E-state index contributed by atoms with van der Waals surface area (Å²) in [6.07, 6.45) is 0.732. The second kappa shape index (κ2) is 9.52. The Morgan fingerprint density at radius 3 is 2.27 bits per heavy atom. The van der Waals surface area contributed by atoms with Crippen molar-refractivity contribution in [2.24, 2.45) is 0 Å². The van der Waals surface area contributed by atoms with Gasteiger partial charge in [-0.15, -0.1) is 0 Å². The first kappa shape index (κ1) is 21.5. The highest BCUT2D eigenvalue weighted by Gasteiger charge is 2.23. The SMILES string of the molecule is COc1cc2c(cc1OC)CN(C(=O)CNC(=O)Nc1ccc(C(C)C)cc1)CC2. The number of fused-ring (bicyclic) bond motifs is 1. The van der Waals surface area contributed by atoms with Crippen molar-refractivity contribution in [3.8, 4) is 11.5 Å². The molecule has 2 N–H and O–H groups in total. The molecule has 0 saturated heterocycles. The minimum Gasteiger partial charge on any atom is -0.493 e. The molecule has 0 saturated carbocycles. The summed E-state index contributed by atoms with van der Waals surface area (Å²) in [7, 11) is 3.20. The molecule has 2 aromatic rings. The molecule has 7 nitrogen and oxygen atoms in total. The zero-order chi connectivity index (χ0) is 21.7. The third-order valence-electron chi connectivity index (χ3n) is 5.31. The van der Waals surface area contributed by atoms with Crippen LogP contribution < -0.4 is 20.1 Å². The molecule has 30 heavy (non-hydrogen) atoms. The number of nitrogens with zero attached hydrogens (tertiary/aromatic N) is 1. The molecule has 3 amide bonds. The first-order valence-corrected chi connectivity index (χ1v) is 10.1. The second-order valence-electron chi connectivity index (χ2n) is 7.63. The second-order valence-corrected chi connectivity index (χ2v) is 7.63. The van der Waals surface area contributed by atoms with Gasteiger partial charge in [0, 0.05) is 18.8 Å². The zero-order valence-corrected chi connectivity index (χ0v) is 18.0. The molecule has 0 radical (unpaired) electrons. The maximum atomic E-state index is 12.6. The van der Waals surface area contributed by atoms with Crippen LogP contribution in [0.5, 0.6) is 11.5 Å². The molecule has 160 valence electrons. The molecule has 2 aromatic carbocycles. The summed E-state index contributed by atoms with van der Waals surface area (Å²) < 4.78 is 10.7. The van der Waals surface area contributed by atoms with E-state index in [1.807, 2.05) is 36.4 Å². The van der Waals surface area contributed by atoms with Crippen molar-refractivity contribution in [3.63, 3.8) is 0 Å². The Morgan fingerprint density at radius 1 is 1.03 bits per heavy atom. The van der Waals surface area contributed by atoms with E-state index in [-0.39, 0.29) is 12.5 Å². The van der Waals surface area contributed by atoms with Gasteiger partial charge >= 0.3 is 6.03 Å². The van der Waals surface area contributed by atoms with Crippen LogP contribution in [0.3, 0.4) is 0 Å². The van der Waals surface area contributed by atoms with Crippen LogP contribution in [0.4, 0.5) is 10.5 Å². The molecular formula is C23H29N3O4. The third-order valence-corrected chi connectivity index (χ3v) is 5.31. The third kappa shape index (κ3) is 5.03. The number of carbonyl (C=O) groups is 2. The molecule has 3 rings (SSSR count). The standard InChI is InChI=1S/C23H29N3O4/c1-15(2)16-5-7-19(8-6-16)25-23(28)24-13-22(27)26-10-9-17-11-20(29-3)21(30-4)12-18(17)14-26/h5-8,11-12,15H,9-10,13-14H2,1-4H3,(H2,24,25,28). The van der Waals surface area contributed by atoms with Crippen LogP contribution in [0.25, 0.3) is 0 Å². The molecule has 1 aliphatic heterocycles. The topological polar surface area (TPSA) is 79.9 Å². The zero-order valence-electron chi connectivity index (χ0n) is 18.0. The van der Waals surface area contributed by atoms with Gasteiger partial charge in [0.05, 0.1) is 20.8 Å². The molecule has 0 unspecified atom stereocenters. The lowest BCUT2D eigenvalue weighted by atomic mass is 9.98. The maximum Gasteiger partial charge on any atom is 0.319 e. The Hall–Kier alpha value is -3.22. The van der Waals surface area contributed by atoms with Gasteiger partial charge < -0.3 is 25.0 Å². The van der Waals surface area contributed by atoms with Gasteiger partial charge in [-0.05, 0) is 53.3 Å². The molecule has 0 bridgehead atoms. The van der Waals surface area contributed by atoms with E-state index in [0.29, 0.717) is 36.2 Å². The lowest BCUT2D eigenvalue weighted by Crippen LogP contribution is -2.43. The largest absolute Gasteiger partial charge is 0.493 e. The van der Waals surface area contributed by atoms with Crippen molar-refractivity contribution in [3.05, 3.63) is 53.1 Å². The number of benzene rings is 2. The summed E-state index contributed by atoms with van der Waals surface area (Å²) >= 11 is 0. The number of methoxy groups -OCH3 is 2. The van der Waals surface area contributed by atoms with Crippen LogP contribution in [0.1, 0.15) is 36.5 Å². The molecule has 7 heteroatoms. The predicted octanol–water partition coefficient (Wildman–Crippen LogP) is 3.53. The number of urea groups is 1. The molecule has 1 heterocycles. The normalized spacial score (nSPS) is 12.9. The smallest absolute Gasteiger partial charge is 0.319 e. The Labute approximate surface area is 177 Å². The van der Waals surface area contributed by atoms with Crippen LogP contribution in [-0.2, 0) is 17.8 Å². The Kier molecular flexibility index (Phi) is 6.82. The summed E-state index contributed by atoms with van der Waals surface area (Å²) in [6, 6.07) is 11.2. The van der Waals surface area contributed by atoms with Crippen molar-refractivity contribution >= 4 is 17.6 Å². The van der Waals surface area contributed by atoms with Crippen molar-refractivity contribution in [2.75, 3.05) is 32.6 Å². The number of anilines is 1. The highest BCUT2D eigenvalue weighted by molar-refractivity contribution is 5.92. The van der Waals surface area contributed by atoms with Crippen LogP contribution >= 0.6 is 0 Å². The van der Waals surface area contributed by atoms with E-state index >= 15 is 0 Å². The van der Waals surface area contributed by atoms with E-state index < -0.39 is 6.03 Å². The average molecular weight is 412 g/mol.